The number of hydrogen-bond acceptors (Lipinski definition) is 2. The highest BCUT2D eigenvalue weighted by Crippen LogP contribution is 2.31. The van der Waals surface area contributed by atoms with Crippen molar-refractivity contribution in [3.05, 3.63) is 59.9 Å². The fourth-order valence-corrected chi connectivity index (χ4v) is 1.96. The fourth-order valence-electron chi connectivity index (χ4n) is 1.96. The van der Waals surface area contributed by atoms with Crippen molar-refractivity contribution in [2.24, 2.45) is 0 Å². The van der Waals surface area contributed by atoms with Crippen molar-refractivity contribution < 1.29 is 5.11 Å². The van der Waals surface area contributed by atoms with Crippen molar-refractivity contribution in [3.8, 4) is 0 Å². The largest absolute Gasteiger partial charge is 0.385 e. The van der Waals surface area contributed by atoms with Gasteiger partial charge in [-0.15, -0.1) is 0 Å². The Bertz CT molecular complexity index is 485. The molecule has 1 atom stereocenters. The molecule has 1 N–H and O–H groups in total. The first kappa shape index (κ1) is 8.50. The van der Waals surface area contributed by atoms with Crippen molar-refractivity contribution in [2.75, 3.05) is 0 Å². The van der Waals surface area contributed by atoms with E-state index in [1.807, 2.05) is 35.5 Å². The SMILES string of the molecule is OC1C=CN2C=Cc3ccccc3C2=C1. The van der Waals surface area contributed by atoms with Gasteiger partial charge in [0.15, 0.2) is 0 Å². The average molecular weight is 197 g/mol. The molecular formula is C13H11NO. The van der Waals surface area contributed by atoms with Crippen LogP contribution < -0.4 is 0 Å². The van der Waals surface area contributed by atoms with Crippen molar-refractivity contribution in [1.29, 1.82) is 0 Å². The molecule has 2 heteroatoms. The van der Waals surface area contributed by atoms with Crippen molar-refractivity contribution in [3.63, 3.8) is 0 Å². The molecule has 3 rings (SSSR count). The van der Waals surface area contributed by atoms with E-state index in [1.54, 1.807) is 6.08 Å². The quantitative estimate of drug-likeness (QED) is 0.689. The van der Waals surface area contributed by atoms with Crippen LogP contribution in [0.25, 0.3) is 11.8 Å². The molecule has 74 valence electrons. The maximum atomic E-state index is 9.56. The highest BCUT2D eigenvalue weighted by Gasteiger charge is 2.18. The molecule has 0 fully saturated rings. The normalized spacial score (nSPS) is 22.1. The summed E-state index contributed by atoms with van der Waals surface area (Å²) in [5.74, 6) is 0. The minimum Gasteiger partial charge on any atom is -0.385 e. The summed E-state index contributed by atoms with van der Waals surface area (Å²) in [6, 6.07) is 8.19. The minimum absolute atomic E-state index is 0.476. The number of fused-ring (bicyclic) bond motifs is 3. The third-order valence-corrected chi connectivity index (χ3v) is 2.70. The summed E-state index contributed by atoms with van der Waals surface area (Å²) in [6.07, 6.45) is 9.14. The van der Waals surface area contributed by atoms with Crippen LogP contribution in [0.2, 0.25) is 0 Å². The number of aliphatic hydroxyl groups excluding tert-OH is 1. The van der Waals surface area contributed by atoms with E-state index in [9.17, 15) is 5.11 Å². The Kier molecular flexibility index (Phi) is 1.76. The molecule has 1 unspecified atom stereocenters. The topological polar surface area (TPSA) is 23.5 Å². The highest BCUT2D eigenvalue weighted by atomic mass is 16.3. The monoisotopic (exact) mass is 197 g/mol. The van der Waals surface area contributed by atoms with Gasteiger partial charge < -0.3 is 10.0 Å². The van der Waals surface area contributed by atoms with Crippen LogP contribution in [-0.4, -0.2) is 16.1 Å². The molecule has 0 aromatic heterocycles. The molecule has 1 aromatic carbocycles. The Morgan fingerprint density at radius 3 is 2.93 bits per heavy atom. The molecule has 2 aliphatic rings. The van der Waals surface area contributed by atoms with Crippen molar-refractivity contribution in [1.82, 2.24) is 4.90 Å². The van der Waals surface area contributed by atoms with Crippen molar-refractivity contribution >= 4 is 11.8 Å². The molecular weight excluding hydrogens is 186 g/mol. The van der Waals surface area contributed by atoms with Crippen LogP contribution in [0.3, 0.4) is 0 Å². The second kappa shape index (κ2) is 3.11. The zero-order chi connectivity index (χ0) is 10.3. The van der Waals surface area contributed by atoms with E-state index >= 15 is 0 Å². The molecule has 2 aliphatic heterocycles. The van der Waals surface area contributed by atoms with Gasteiger partial charge in [-0.25, -0.2) is 0 Å². The number of hydrogen-bond donors (Lipinski definition) is 1. The van der Waals surface area contributed by atoms with E-state index in [0.29, 0.717) is 0 Å². The maximum Gasteiger partial charge on any atom is 0.0942 e. The van der Waals surface area contributed by atoms with Gasteiger partial charge in [0.2, 0.25) is 0 Å². The van der Waals surface area contributed by atoms with Crippen LogP contribution in [-0.2, 0) is 0 Å². The summed E-state index contributed by atoms with van der Waals surface area (Å²) < 4.78 is 0. The van der Waals surface area contributed by atoms with E-state index in [2.05, 4.69) is 18.2 Å². The van der Waals surface area contributed by atoms with E-state index in [0.717, 1.165) is 5.70 Å². The lowest BCUT2D eigenvalue weighted by molar-refractivity contribution is 0.267. The molecule has 2 nitrogen and oxygen atoms in total. The zero-order valence-corrected chi connectivity index (χ0v) is 8.17. The fraction of sp³-hybridized carbons (Fsp3) is 0.0769. The smallest absolute Gasteiger partial charge is 0.0942 e. The van der Waals surface area contributed by atoms with Crippen LogP contribution in [0.4, 0.5) is 0 Å². The Balaban J connectivity index is 2.18. The van der Waals surface area contributed by atoms with Gasteiger partial charge in [-0.1, -0.05) is 24.3 Å². The number of rotatable bonds is 0. The molecule has 2 heterocycles. The molecule has 0 bridgehead atoms. The van der Waals surface area contributed by atoms with Crippen LogP contribution in [0.1, 0.15) is 11.1 Å². The number of benzene rings is 1. The summed E-state index contributed by atoms with van der Waals surface area (Å²) in [6.45, 7) is 0. The molecule has 1 aromatic rings. The second-order valence-electron chi connectivity index (χ2n) is 3.69. The molecule has 0 saturated carbocycles. The first-order chi connectivity index (χ1) is 7.34. The average Bonchev–Trinajstić information content (AvgIpc) is 2.29. The predicted molar refractivity (Wildman–Crippen MR) is 60.4 cm³/mol. The number of aliphatic hydroxyl groups is 1. The van der Waals surface area contributed by atoms with E-state index in [1.165, 1.54) is 11.1 Å². The summed E-state index contributed by atoms with van der Waals surface area (Å²) in [5, 5.41) is 9.56. The summed E-state index contributed by atoms with van der Waals surface area (Å²) in [4.78, 5) is 2.02. The van der Waals surface area contributed by atoms with Gasteiger partial charge in [0.1, 0.15) is 0 Å². The van der Waals surface area contributed by atoms with Crippen LogP contribution in [0.5, 0.6) is 0 Å². The lowest BCUT2D eigenvalue weighted by atomic mass is 9.98. The van der Waals surface area contributed by atoms with E-state index in [-0.39, 0.29) is 0 Å². The first-order valence-electron chi connectivity index (χ1n) is 4.99. The van der Waals surface area contributed by atoms with Gasteiger partial charge in [0.25, 0.3) is 0 Å². The standard InChI is InChI=1S/C13H11NO/c15-11-6-8-14-7-5-10-3-1-2-4-12(10)13(14)9-11/h1-9,11,15H. The lowest BCUT2D eigenvalue weighted by Crippen LogP contribution is -2.19. The van der Waals surface area contributed by atoms with E-state index in [4.69, 9.17) is 0 Å². The Morgan fingerprint density at radius 2 is 2.00 bits per heavy atom. The van der Waals surface area contributed by atoms with Gasteiger partial charge >= 0.3 is 0 Å². The molecule has 0 saturated heterocycles. The van der Waals surface area contributed by atoms with Gasteiger partial charge in [-0.2, -0.15) is 0 Å². The lowest BCUT2D eigenvalue weighted by Gasteiger charge is -2.28. The summed E-state index contributed by atoms with van der Waals surface area (Å²) in [7, 11) is 0. The van der Waals surface area contributed by atoms with Crippen LogP contribution in [0.15, 0.2) is 48.8 Å². The predicted octanol–water partition coefficient (Wildman–Crippen LogP) is 2.20. The Morgan fingerprint density at radius 1 is 1.13 bits per heavy atom. The van der Waals surface area contributed by atoms with Crippen LogP contribution >= 0.6 is 0 Å². The maximum absolute atomic E-state index is 9.56. The van der Waals surface area contributed by atoms with E-state index < -0.39 is 6.10 Å². The van der Waals surface area contributed by atoms with Gasteiger partial charge in [0.05, 0.1) is 11.8 Å². The molecule has 15 heavy (non-hydrogen) atoms. The molecule has 0 aliphatic carbocycles. The minimum atomic E-state index is -0.476. The Hall–Kier alpha value is -1.80. The zero-order valence-electron chi connectivity index (χ0n) is 8.17. The van der Waals surface area contributed by atoms with Gasteiger partial charge in [-0.05, 0) is 23.8 Å². The van der Waals surface area contributed by atoms with Gasteiger partial charge in [0, 0.05) is 18.0 Å². The Labute approximate surface area is 88.5 Å². The molecule has 0 spiro atoms. The van der Waals surface area contributed by atoms with Crippen molar-refractivity contribution in [2.45, 2.75) is 6.10 Å². The summed E-state index contributed by atoms with van der Waals surface area (Å²) in [5.41, 5.74) is 3.43. The number of nitrogens with zero attached hydrogens (tertiary/aromatic N) is 1. The summed E-state index contributed by atoms with van der Waals surface area (Å²) >= 11 is 0. The highest BCUT2D eigenvalue weighted by molar-refractivity contribution is 5.79. The van der Waals surface area contributed by atoms with Crippen LogP contribution in [0, 0.1) is 0 Å². The molecule has 0 radical (unpaired) electrons. The first-order valence-corrected chi connectivity index (χ1v) is 4.99. The van der Waals surface area contributed by atoms with Gasteiger partial charge in [-0.3, -0.25) is 0 Å². The second-order valence-corrected chi connectivity index (χ2v) is 3.69. The third-order valence-electron chi connectivity index (χ3n) is 2.70. The third kappa shape index (κ3) is 1.30. The molecule has 0 amide bonds.